The van der Waals surface area contributed by atoms with Gasteiger partial charge in [0.25, 0.3) is 0 Å². The first-order chi connectivity index (χ1) is 41.2. The van der Waals surface area contributed by atoms with Crippen molar-refractivity contribution in [2.45, 2.75) is 93.1 Å². The van der Waals surface area contributed by atoms with Crippen molar-refractivity contribution in [2.24, 2.45) is 59.2 Å². The zero-order valence-corrected chi connectivity index (χ0v) is 48.8. The highest BCUT2D eigenvalue weighted by Gasteiger charge is 2.64. The smallest absolute Gasteiger partial charge is 0.236 e. The van der Waals surface area contributed by atoms with Crippen LogP contribution in [0.4, 0.5) is 0 Å². The van der Waals surface area contributed by atoms with Gasteiger partial charge in [-0.05, 0) is 100 Å². The third-order valence-electron chi connectivity index (χ3n) is 19.1. The SMILES string of the molecule is CNCCCN1C(=O)C2C3C=CC(O3)C2C1=O.CNCCCN1C(=O)C2C3C=CC(O3)C2C1=O.CNCCCN1C(=O)C2C3C=CC(O3)C2C1=O.CNCCCN1C(=O)C2C3C=CC(O3)C2C1=O.CNCCCN1C(=O)C2C3C=CC(O3)C2C1=O. The Kier molecular flexibility index (Phi) is 18.4. The molecule has 10 saturated heterocycles. The Bertz CT molecular complexity index is 2250. The molecule has 20 atom stereocenters. The summed E-state index contributed by atoms with van der Waals surface area (Å²) in [5, 5.41) is 15.1. The van der Waals surface area contributed by atoms with Gasteiger partial charge < -0.3 is 50.3 Å². The fourth-order valence-corrected chi connectivity index (χ4v) is 15.0. The highest BCUT2D eigenvalue weighted by molar-refractivity contribution is 6.09. The van der Waals surface area contributed by atoms with E-state index in [4.69, 9.17) is 23.7 Å². The average molecular weight is 1180 g/mol. The zero-order valence-electron chi connectivity index (χ0n) is 48.8. The Morgan fingerprint density at radius 1 is 0.247 bits per heavy atom. The zero-order chi connectivity index (χ0) is 60.0. The lowest BCUT2D eigenvalue weighted by atomic mass is 9.85. The van der Waals surface area contributed by atoms with Gasteiger partial charge >= 0.3 is 0 Å². The first-order valence-electron chi connectivity index (χ1n) is 30.4. The van der Waals surface area contributed by atoms with Crippen molar-refractivity contribution >= 4 is 59.1 Å². The number of fused-ring (bicyclic) bond motifs is 25. The molecule has 0 aromatic carbocycles. The van der Waals surface area contributed by atoms with Crippen LogP contribution in [-0.4, -0.2) is 245 Å². The summed E-state index contributed by atoms with van der Waals surface area (Å²) in [6, 6.07) is 0. The van der Waals surface area contributed by atoms with Crippen molar-refractivity contribution in [3.05, 3.63) is 60.8 Å². The van der Waals surface area contributed by atoms with Gasteiger partial charge in [0.05, 0.1) is 120 Å². The van der Waals surface area contributed by atoms with E-state index >= 15 is 0 Å². The predicted molar refractivity (Wildman–Crippen MR) is 300 cm³/mol. The molecule has 85 heavy (non-hydrogen) atoms. The van der Waals surface area contributed by atoms with E-state index in [0.29, 0.717) is 32.7 Å². The summed E-state index contributed by atoms with van der Waals surface area (Å²) in [5.74, 6) is -3.06. The molecule has 0 saturated carbocycles. The number of carbonyl (C=O) groups excluding carboxylic acids is 10. The number of rotatable bonds is 20. The number of likely N-dealkylation sites (tertiary alicyclic amines) is 5. The molecule has 0 aliphatic carbocycles. The van der Waals surface area contributed by atoms with E-state index in [1.807, 2.05) is 96.0 Å². The quantitative estimate of drug-likeness (QED) is 0.0486. The number of nitrogens with one attached hydrogen (secondary N) is 5. The van der Waals surface area contributed by atoms with Crippen LogP contribution in [0.1, 0.15) is 32.1 Å². The lowest BCUT2D eigenvalue weighted by Crippen LogP contribution is -2.36. The molecule has 10 amide bonds. The van der Waals surface area contributed by atoms with Gasteiger partial charge in [-0.2, -0.15) is 0 Å². The molecule has 460 valence electrons. The third kappa shape index (κ3) is 10.8. The van der Waals surface area contributed by atoms with Crippen molar-refractivity contribution in [2.75, 3.05) is 101 Å². The number of imide groups is 5. The molecular weight excluding hydrogens is 1100 g/mol. The summed E-state index contributed by atoms with van der Waals surface area (Å²) < 4.78 is 27.8. The van der Waals surface area contributed by atoms with E-state index in [9.17, 15) is 47.9 Å². The fourth-order valence-electron chi connectivity index (χ4n) is 15.0. The minimum Gasteiger partial charge on any atom is -0.365 e. The minimum absolute atomic E-state index is 0.0482. The van der Waals surface area contributed by atoms with Crippen molar-refractivity contribution < 1.29 is 71.6 Å². The van der Waals surface area contributed by atoms with Gasteiger partial charge in [-0.1, -0.05) is 60.8 Å². The van der Waals surface area contributed by atoms with Crippen LogP contribution in [0.15, 0.2) is 60.8 Å². The molecule has 5 N–H and O–H groups in total. The second kappa shape index (κ2) is 25.8. The molecule has 15 aliphatic rings. The number of amides is 10. The molecular formula is C60H80N10O15. The molecule has 0 aromatic heterocycles. The number of carbonyl (C=O) groups is 10. The average Bonchev–Trinajstić information content (AvgIpc) is 1.99. The van der Waals surface area contributed by atoms with Crippen LogP contribution < -0.4 is 26.6 Å². The van der Waals surface area contributed by atoms with Gasteiger partial charge in [0.15, 0.2) is 0 Å². The number of ether oxygens (including phenoxy) is 5. The van der Waals surface area contributed by atoms with Gasteiger partial charge in [0.1, 0.15) is 0 Å². The molecule has 0 radical (unpaired) electrons. The molecule has 25 nitrogen and oxygen atoms in total. The summed E-state index contributed by atoms with van der Waals surface area (Å²) in [4.78, 5) is 129. The van der Waals surface area contributed by atoms with Gasteiger partial charge in [0, 0.05) is 32.7 Å². The van der Waals surface area contributed by atoms with Crippen molar-refractivity contribution in [3.63, 3.8) is 0 Å². The Labute approximate surface area is 493 Å². The topological polar surface area (TPSA) is 293 Å². The molecule has 0 spiro atoms. The third-order valence-corrected chi connectivity index (χ3v) is 19.1. The lowest BCUT2D eigenvalue weighted by Gasteiger charge is -2.17. The summed E-state index contributed by atoms with van der Waals surface area (Å²) in [7, 11) is 9.31. The predicted octanol–water partition coefficient (Wildman–Crippen LogP) is -2.33. The maximum atomic E-state index is 12.2. The number of nitrogens with zero attached hydrogens (tertiary/aromatic N) is 5. The molecule has 20 unspecified atom stereocenters. The number of hydrogen-bond donors (Lipinski definition) is 5. The number of hydrogen-bond acceptors (Lipinski definition) is 20. The van der Waals surface area contributed by atoms with Gasteiger partial charge in [-0.25, -0.2) is 0 Å². The van der Waals surface area contributed by atoms with Crippen molar-refractivity contribution in [1.29, 1.82) is 0 Å². The van der Waals surface area contributed by atoms with Crippen LogP contribution >= 0.6 is 0 Å². The molecule has 15 heterocycles. The molecule has 0 aromatic rings. The lowest BCUT2D eigenvalue weighted by molar-refractivity contribution is -0.144. The maximum Gasteiger partial charge on any atom is 0.236 e. The van der Waals surface area contributed by atoms with E-state index < -0.39 is 0 Å². The van der Waals surface area contributed by atoms with E-state index in [-0.39, 0.29) is 179 Å². The van der Waals surface area contributed by atoms with E-state index in [1.54, 1.807) is 0 Å². The molecule has 15 aliphatic heterocycles. The molecule has 15 rings (SSSR count). The van der Waals surface area contributed by atoms with Crippen LogP contribution in [0, 0.1) is 59.2 Å². The highest BCUT2D eigenvalue weighted by atomic mass is 16.5. The summed E-state index contributed by atoms with van der Waals surface area (Å²) in [6.07, 6.45) is 21.4. The normalized spacial score (nSPS) is 38.3. The van der Waals surface area contributed by atoms with E-state index in [1.165, 1.54) is 24.5 Å². The Hall–Kier alpha value is -6.00. The van der Waals surface area contributed by atoms with Crippen LogP contribution in [0.5, 0.6) is 0 Å². The summed E-state index contributed by atoms with van der Waals surface area (Å²) >= 11 is 0. The summed E-state index contributed by atoms with van der Waals surface area (Å²) in [5.41, 5.74) is 0. The van der Waals surface area contributed by atoms with E-state index in [2.05, 4.69) is 26.6 Å². The van der Waals surface area contributed by atoms with E-state index in [0.717, 1.165) is 64.8 Å². The van der Waals surface area contributed by atoms with Gasteiger partial charge in [0.2, 0.25) is 59.1 Å². The van der Waals surface area contributed by atoms with Gasteiger partial charge in [-0.3, -0.25) is 72.4 Å². The minimum atomic E-state index is -0.257. The Morgan fingerprint density at radius 2 is 0.365 bits per heavy atom. The Balaban J connectivity index is 0.000000111. The maximum absolute atomic E-state index is 12.2. The first-order valence-corrected chi connectivity index (χ1v) is 30.4. The molecule has 25 heteroatoms. The summed E-state index contributed by atoms with van der Waals surface area (Å²) in [6.45, 7) is 6.66. The van der Waals surface area contributed by atoms with Crippen LogP contribution in [0.2, 0.25) is 0 Å². The van der Waals surface area contributed by atoms with Crippen LogP contribution in [0.3, 0.4) is 0 Å². The molecule has 10 fully saturated rings. The second-order valence-corrected chi connectivity index (χ2v) is 23.9. The monoisotopic (exact) mass is 1180 g/mol. The van der Waals surface area contributed by atoms with Crippen molar-refractivity contribution in [3.8, 4) is 0 Å². The highest BCUT2D eigenvalue weighted by Crippen LogP contribution is 2.49. The molecule has 10 bridgehead atoms. The van der Waals surface area contributed by atoms with Gasteiger partial charge in [-0.15, -0.1) is 0 Å². The largest absolute Gasteiger partial charge is 0.365 e. The van der Waals surface area contributed by atoms with Crippen LogP contribution in [-0.2, 0) is 71.6 Å². The second-order valence-electron chi connectivity index (χ2n) is 23.9. The Morgan fingerprint density at radius 3 is 0.471 bits per heavy atom. The first kappa shape index (κ1) is 60.7. The van der Waals surface area contributed by atoms with Crippen molar-refractivity contribution in [1.82, 2.24) is 51.1 Å². The standard InChI is InChI=1S/5C12H16N2O3/c5*1-13-5-2-6-14-11(15)9-7-3-4-8(17-7)10(9)12(14)16/h5*3-4,7-10,13H,2,5-6H2,1H3. The van der Waals surface area contributed by atoms with Crippen LogP contribution in [0.25, 0.3) is 0 Å². The fraction of sp³-hybridized carbons (Fsp3) is 0.667.